The molecule has 0 heterocycles. The van der Waals surface area contributed by atoms with Crippen molar-refractivity contribution < 1.29 is 23.9 Å². The predicted octanol–water partition coefficient (Wildman–Crippen LogP) is 0.928. The molecule has 6 nitrogen and oxygen atoms in total. The molecule has 2 amide bonds. The average molecular weight is 303 g/mol. The van der Waals surface area contributed by atoms with Crippen LogP contribution in [0.1, 0.15) is 23.2 Å². The van der Waals surface area contributed by atoms with Gasteiger partial charge in [0.05, 0.1) is 10.6 Å². The van der Waals surface area contributed by atoms with Gasteiger partial charge in [0.1, 0.15) is 11.9 Å². The third kappa shape index (κ3) is 4.51. The van der Waals surface area contributed by atoms with Crippen molar-refractivity contribution in [1.29, 1.82) is 0 Å². The van der Waals surface area contributed by atoms with E-state index in [2.05, 4.69) is 5.32 Å². The topological polar surface area (TPSA) is 109 Å². The summed E-state index contributed by atoms with van der Waals surface area (Å²) in [5.74, 6) is -3.37. The summed E-state index contributed by atoms with van der Waals surface area (Å²) in [5.41, 5.74) is 4.86. The Labute approximate surface area is 118 Å². The van der Waals surface area contributed by atoms with Gasteiger partial charge in [-0.25, -0.2) is 9.18 Å². The fourth-order valence-corrected chi connectivity index (χ4v) is 1.71. The maximum Gasteiger partial charge on any atom is 0.326 e. The summed E-state index contributed by atoms with van der Waals surface area (Å²) in [6.07, 6.45) is -0.330. The van der Waals surface area contributed by atoms with Gasteiger partial charge in [-0.3, -0.25) is 9.59 Å². The lowest BCUT2D eigenvalue weighted by Crippen LogP contribution is -2.41. The van der Waals surface area contributed by atoms with E-state index < -0.39 is 29.6 Å². The third-order valence-corrected chi connectivity index (χ3v) is 2.77. The zero-order valence-electron chi connectivity index (χ0n) is 10.2. The predicted molar refractivity (Wildman–Crippen MR) is 68.7 cm³/mol. The Kier molecular flexibility index (Phi) is 5.45. The maximum absolute atomic E-state index is 12.8. The molecule has 0 saturated carbocycles. The number of hydrogen-bond donors (Lipinski definition) is 3. The molecule has 0 saturated heterocycles. The lowest BCUT2D eigenvalue weighted by Gasteiger charge is -2.14. The minimum Gasteiger partial charge on any atom is -0.480 e. The van der Waals surface area contributed by atoms with E-state index in [1.165, 1.54) is 0 Å². The monoisotopic (exact) mass is 302 g/mol. The normalized spacial score (nSPS) is 11.7. The quantitative estimate of drug-likeness (QED) is 0.726. The number of benzene rings is 1. The number of hydrogen-bond acceptors (Lipinski definition) is 3. The van der Waals surface area contributed by atoms with E-state index in [1.807, 2.05) is 0 Å². The first-order chi connectivity index (χ1) is 9.31. The van der Waals surface area contributed by atoms with Crippen molar-refractivity contribution in [2.24, 2.45) is 5.73 Å². The highest BCUT2D eigenvalue weighted by Gasteiger charge is 2.22. The number of primary amides is 1. The van der Waals surface area contributed by atoms with Gasteiger partial charge in [0.25, 0.3) is 5.91 Å². The van der Waals surface area contributed by atoms with Crippen molar-refractivity contribution in [3.05, 3.63) is 34.6 Å². The van der Waals surface area contributed by atoms with Crippen molar-refractivity contribution in [3.63, 3.8) is 0 Å². The number of nitrogens with one attached hydrogen (secondary N) is 1. The number of carbonyl (C=O) groups is 3. The van der Waals surface area contributed by atoms with Crippen LogP contribution < -0.4 is 11.1 Å². The SMILES string of the molecule is NC(=O)CCC(NC(=O)c1ccc(F)cc1Cl)C(=O)O. The van der Waals surface area contributed by atoms with Crippen molar-refractivity contribution in [2.45, 2.75) is 18.9 Å². The van der Waals surface area contributed by atoms with E-state index in [0.717, 1.165) is 18.2 Å². The Hall–Kier alpha value is -2.15. The van der Waals surface area contributed by atoms with Crippen LogP contribution in [0.15, 0.2) is 18.2 Å². The minimum atomic E-state index is -1.31. The van der Waals surface area contributed by atoms with E-state index in [-0.39, 0.29) is 23.4 Å². The molecule has 1 aromatic carbocycles. The second-order valence-corrected chi connectivity index (χ2v) is 4.40. The van der Waals surface area contributed by atoms with E-state index in [4.69, 9.17) is 22.4 Å². The Balaban J connectivity index is 2.80. The van der Waals surface area contributed by atoms with Crippen LogP contribution in [0.4, 0.5) is 4.39 Å². The highest BCUT2D eigenvalue weighted by atomic mass is 35.5. The number of halogens is 2. The van der Waals surface area contributed by atoms with Crippen LogP contribution in [0, 0.1) is 5.82 Å². The molecule has 108 valence electrons. The van der Waals surface area contributed by atoms with Crippen molar-refractivity contribution >= 4 is 29.4 Å². The molecule has 0 aromatic heterocycles. The van der Waals surface area contributed by atoms with Crippen LogP contribution in [0.5, 0.6) is 0 Å². The highest BCUT2D eigenvalue weighted by molar-refractivity contribution is 6.33. The van der Waals surface area contributed by atoms with Gasteiger partial charge >= 0.3 is 5.97 Å². The molecule has 8 heteroatoms. The van der Waals surface area contributed by atoms with Gasteiger partial charge in [-0.05, 0) is 24.6 Å². The van der Waals surface area contributed by atoms with Gasteiger partial charge in [-0.1, -0.05) is 11.6 Å². The van der Waals surface area contributed by atoms with Crippen molar-refractivity contribution in [2.75, 3.05) is 0 Å². The third-order valence-electron chi connectivity index (χ3n) is 2.46. The van der Waals surface area contributed by atoms with Crippen molar-refractivity contribution in [1.82, 2.24) is 5.32 Å². The van der Waals surface area contributed by atoms with E-state index in [1.54, 1.807) is 0 Å². The first-order valence-corrected chi connectivity index (χ1v) is 5.96. The van der Waals surface area contributed by atoms with Gasteiger partial charge in [-0.2, -0.15) is 0 Å². The molecule has 0 aliphatic heterocycles. The van der Waals surface area contributed by atoms with Gasteiger partial charge in [0.2, 0.25) is 5.91 Å². The molecule has 1 aromatic rings. The maximum atomic E-state index is 12.8. The van der Waals surface area contributed by atoms with Crippen molar-refractivity contribution in [3.8, 4) is 0 Å². The second-order valence-electron chi connectivity index (χ2n) is 3.99. The summed E-state index contributed by atoms with van der Waals surface area (Å²) in [6, 6.07) is 1.83. The minimum absolute atomic E-state index is 0.0570. The fourth-order valence-electron chi connectivity index (χ4n) is 1.45. The van der Waals surface area contributed by atoms with Crippen LogP contribution in [0.3, 0.4) is 0 Å². The highest BCUT2D eigenvalue weighted by Crippen LogP contribution is 2.17. The van der Waals surface area contributed by atoms with Gasteiger partial charge < -0.3 is 16.2 Å². The summed E-state index contributed by atoms with van der Waals surface area (Å²) in [4.78, 5) is 33.4. The molecule has 0 radical (unpaired) electrons. The molecule has 0 aliphatic carbocycles. The molecular weight excluding hydrogens is 291 g/mol. The van der Waals surface area contributed by atoms with Crippen LogP contribution in [-0.4, -0.2) is 28.9 Å². The largest absolute Gasteiger partial charge is 0.480 e. The lowest BCUT2D eigenvalue weighted by molar-refractivity contribution is -0.139. The zero-order chi connectivity index (χ0) is 15.3. The number of rotatable bonds is 6. The lowest BCUT2D eigenvalue weighted by atomic mass is 10.1. The van der Waals surface area contributed by atoms with Crippen LogP contribution >= 0.6 is 11.6 Å². The molecule has 1 rings (SSSR count). The van der Waals surface area contributed by atoms with Gasteiger partial charge in [0, 0.05) is 6.42 Å². The fraction of sp³-hybridized carbons (Fsp3) is 0.250. The zero-order valence-corrected chi connectivity index (χ0v) is 11.0. The van der Waals surface area contributed by atoms with E-state index in [0.29, 0.717) is 0 Å². The summed E-state index contributed by atoms with van der Waals surface area (Å²) in [5, 5.41) is 11.0. The number of amides is 2. The molecule has 1 unspecified atom stereocenters. The van der Waals surface area contributed by atoms with Crippen LogP contribution in [0.25, 0.3) is 0 Å². The molecule has 0 fully saturated rings. The Bertz CT molecular complexity index is 550. The summed E-state index contributed by atoms with van der Waals surface area (Å²) in [6.45, 7) is 0. The molecule has 0 aliphatic rings. The van der Waals surface area contributed by atoms with Gasteiger partial charge in [0.15, 0.2) is 0 Å². The average Bonchev–Trinajstić information content (AvgIpc) is 2.33. The number of aliphatic carboxylic acids is 1. The molecule has 4 N–H and O–H groups in total. The summed E-state index contributed by atoms with van der Waals surface area (Å²) in [7, 11) is 0. The Morgan fingerprint density at radius 1 is 1.40 bits per heavy atom. The first kappa shape index (κ1) is 15.9. The molecule has 0 bridgehead atoms. The van der Waals surface area contributed by atoms with Gasteiger partial charge in [-0.15, -0.1) is 0 Å². The summed E-state index contributed by atoms with van der Waals surface area (Å²) < 4.78 is 12.8. The van der Waals surface area contributed by atoms with Crippen LogP contribution in [-0.2, 0) is 9.59 Å². The first-order valence-electron chi connectivity index (χ1n) is 5.58. The molecule has 1 atom stereocenters. The van der Waals surface area contributed by atoms with Crippen LogP contribution in [0.2, 0.25) is 5.02 Å². The Morgan fingerprint density at radius 3 is 2.55 bits per heavy atom. The Morgan fingerprint density at radius 2 is 2.05 bits per heavy atom. The number of carboxylic acid groups (broad SMARTS) is 1. The standard InChI is InChI=1S/C12H12ClFN2O4/c13-8-5-6(14)1-2-7(8)11(18)16-9(12(19)20)3-4-10(15)17/h1-2,5,9H,3-4H2,(H2,15,17)(H,16,18)(H,19,20). The number of nitrogens with two attached hydrogens (primary N) is 1. The van der Waals surface area contributed by atoms with E-state index >= 15 is 0 Å². The number of carboxylic acids is 1. The molecule has 0 spiro atoms. The smallest absolute Gasteiger partial charge is 0.326 e. The molecular formula is C12H12ClFN2O4. The number of carbonyl (C=O) groups excluding carboxylic acids is 2. The van der Waals surface area contributed by atoms with E-state index in [9.17, 15) is 18.8 Å². The molecule has 20 heavy (non-hydrogen) atoms. The second kappa shape index (κ2) is 6.85. The summed E-state index contributed by atoms with van der Waals surface area (Å²) >= 11 is 5.69.